The molecule has 0 saturated heterocycles. The predicted molar refractivity (Wildman–Crippen MR) is 141 cm³/mol. The van der Waals surface area contributed by atoms with Crippen LogP contribution < -0.4 is 9.47 Å². The maximum absolute atomic E-state index is 12.6. The minimum Gasteiger partial charge on any atom is -0.490 e. The molecule has 5 rings (SSSR count). The number of esters is 1. The van der Waals surface area contributed by atoms with E-state index in [0.717, 1.165) is 31.9 Å². The Morgan fingerprint density at radius 1 is 0.914 bits per heavy atom. The number of carbonyl (C=O) groups is 1. The summed E-state index contributed by atoms with van der Waals surface area (Å²) in [5.41, 5.74) is 2.77. The molecule has 4 aromatic rings. The van der Waals surface area contributed by atoms with Crippen molar-refractivity contribution in [2.24, 2.45) is 4.99 Å². The highest BCUT2D eigenvalue weighted by molar-refractivity contribution is 9.10. The van der Waals surface area contributed by atoms with Crippen molar-refractivity contribution in [2.45, 2.75) is 13.5 Å². The maximum atomic E-state index is 12.6. The fourth-order valence-corrected chi connectivity index (χ4v) is 4.39. The third-order valence-corrected chi connectivity index (χ3v) is 6.07. The zero-order valence-electron chi connectivity index (χ0n) is 19.0. The van der Waals surface area contributed by atoms with Crippen molar-refractivity contribution in [1.82, 2.24) is 0 Å². The van der Waals surface area contributed by atoms with Crippen LogP contribution >= 0.6 is 15.9 Å². The fourth-order valence-electron chi connectivity index (χ4n) is 3.82. The molecule has 0 N–H and O–H groups in total. The molecule has 0 aliphatic carbocycles. The highest BCUT2D eigenvalue weighted by atomic mass is 79.9. The van der Waals surface area contributed by atoms with Crippen molar-refractivity contribution in [1.29, 1.82) is 0 Å². The lowest BCUT2D eigenvalue weighted by Crippen LogP contribution is -2.05. The number of hydrogen-bond donors (Lipinski definition) is 0. The average Bonchev–Trinajstić information content (AvgIpc) is 3.24. The molecule has 1 aliphatic heterocycles. The Labute approximate surface area is 211 Å². The van der Waals surface area contributed by atoms with Gasteiger partial charge in [-0.1, -0.05) is 60.7 Å². The molecule has 4 aromatic carbocycles. The Morgan fingerprint density at radius 3 is 2.49 bits per heavy atom. The summed E-state index contributed by atoms with van der Waals surface area (Å²) in [6.07, 6.45) is 1.69. The Balaban J connectivity index is 1.43. The first-order valence-electron chi connectivity index (χ1n) is 11.3. The Hall–Kier alpha value is -3.90. The quantitative estimate of drug-likeness (QED) is 0.193. The molecule has 0 saturated carbocycles. The van der Waals surface area contributed by atoms with E-state index in [-0.39, 0.29) is 5.70 Å². The molecule has 0 radical (unpaired) electrons. The van der Waals surface area contributed by atoms with Crippen LogP contribution in [0, 0.1) is 0 Å². The average molecular weight is 528 g/mol. The number of cyclic esters (lactones) is 1. The minimum absolute atomic E-state index is 0.223. The lowest BCUT2D eigenvalue weighted by atomic mass is 10.1. The summed E-state index contributed by atoms with van der Waals surface area (Å²) < 4.78 is 18.1. The summed E-state index contributed by atoms with van der Waals surface area (Å²) in [5, 5.41) is 2.16. The number of aliphatic imine (C=N–C) groups is 1. The van der Waals surface area contributed by atoms with E-state index < -0.39 is 5.97 Å². The molecule has 0 atom stereocenters. The number of carbonyl (C=O) groups excluding carboxylic acids is 1. The van der Waals surface area contributed by atoms with Crippen LogP contribution in [0.15, 0.2) is 100 Å². The van der Waals surface area contributed by atoms with Gasteiger partial charge in [0.25, 0.3) is 0 Å². The topological polar surface area (TPSA) is 57.1 Å². The van der Waals surface area contributed by atoms with Gasteiger partial charge >= 0.3 is 5.97 Å². The number of benzene rings is 4. The highest BCUT2D eigenvalue weighted by Crippen LogP contribution is 2.38. The van der Waals surface area contributed by atoms with E-state index in [1.54, 1.807) is 6.08 Å². The van der Waals surface area contributed by atoms with Crippen molar-refractivity contribution in [3.63, 3.8) is 0 Å². The van der Waals surface area contributed by atoms with Gasteiger partial charge in [-0.3, -0.25) is 0 Å². The van der Waals surface area contributed by atoms with Gasteiger partial charge in [0.15, 0.2) is 17.2 Å². The molecule has 1 heterocycles. The lowest BCUT2D eigenvalue weighted by molar-refractivity contribution is -0.129. The van der Waals surface area contributed by atoms with Crippen LogP contribution in [0.3, 0.4) is 0 Å². The largest absolute Gasteiger partial charge is 0.490 e. The summed E-state index contributed by atoms with van der Waals surface area (Å²) in [6, 6.07) is 27.5. The normalized spacial score (nSPS) is 14.2. The second-order valence-electron chi connectivity index (χ2n) is 7.94. The SMILES string of the molecule is CCOc1cc(/C=C2\N=C(c3ccc4ccccc4c3)OC2=O)cc(Br)c1OCc1ccccc1. The van der Waals surface area contributed by atoms with Gasteiger partial charge in [0.2, 0.25) is 5.90 Å². The first-order chi connectivity index (χ1) is 17.1. The fraction of sp³-hybridized carbons (Fsp3) is 0.103. The van der Waals surface area contributed by atoms with Gasteiger partial charge in [-0.25, -0.2) is 9.79 Å². The standard InChI is InChI=1S/C29H22BrNO4/c1-2-33-26-16-20(14-24(30)27(26)34-18-19-8-4-3-5-9-19)15-25-29(32)35-28(31-25)23-13-12-21-10-6-7-11-22(21)17-23/h3-17H,2,18H2,1H3/b25-15-. The summed E-state index contributed by atoms with van der Waals surface area (Å²) in [4.78, 5) is 17.0. The smallest absolute Gasteiger partial charge is 0.363 e. The van der Waals surface area contributed by atoms with Crippen LogP contribution in [0.4, 0.5) is 0 Å². The number of nitrogens with zero attached hydrogens (tertiary/aromatic N) is 1. The number of fused-ring (bicyclic) bond motifs is 1. The van der Waals surface area contributed by atoms with Gasteiger partial charge in [0.05, 0.1) is 11.1 Å². The summed E-state index contributed by atoms with van der Waals surface area (Å²) >= 11 is 3.59. The minimum atomic E-state index is -0.494. The van der Waals surface area contributed by atoms with Crippen LogP contribution in [0.5, 0.6) is 11.5 Å². The van der Waals surface area contributed by atoms with Crippen LogP contribution in [-0.4, -0.2) is 18.5 Å². The first-order valence-corrected chi connectivity index (χ1v) is 12.0. The summed E-state index contributed by atoms with van der Waals surface area (Å²) in [7, 11) is 0. The predicted octanol–water partition coefficient (Wildman–Crippen LogP) is 6.92. The third-order valence-electron chi connectivity index (χ3n) is 5.48. The van der Waals surface area contributed by atoms with E-state index in [0.29, 0.717) is 30.6 Å². The van der Waals surface area contributed by atoms with Gasteiger partial charge in [-0.2, -0.15) is 0 Å². The van der Waals surface area contributed by atoms with Crippen LogP contribution in [0.25, 0.3) is 16.8 Å². The summed E-state index contributed by atoms with van der Waals surface area (Å²) in [6.45, 7) is 2.79. The van der Waals surface area contributed by atoms with Crippen LogP contribution in [0.1, 0.15) is 23.6 Å². The number of halogens is 1. The molecule has 0 unspecified atom stereocenters. The first kappa shape index (κ1) is 22.9. The molecule has 0 bridgehead atoms. The molecule has 0 fully saturated rings. The van der Waals surface area contributed by atoms with E-state index in [1.807, 2.05) is 91.9 Å². The van der Waals surface area contributed by atoms with Crippen molar-refractivity contribution >= 4 is 44.6 Å². The zero-order valence-corrected chi connectivity index (χ0v) is 20.6. The van der Waals surface area contributed by atoms with Crippen molar-refractivity contribution < 1.29 is 19.0 Å². The van der Waals surface area contributed by atoms with Crippen molar-refractivity contribution in [3.8, 4) is 11.5 Å². The van der Waals surface area contributed by atoms with Crippen LogP contribution in [0.2, 0.25) is 0 Å². The van der Waals surface area contributed by atoms with Crippen LogP contribution in [-0.2, 0) is 16.1 Å². The molecule has 1 aliphatic rings. The molecular weight excluding hydrogens is 506 g/mol. The van der Waals surface area contributed by atoms with E-state index in [4.69, 9.17) is 14.2 Å². The molecule has 6 heteroatoms. The van der Waals surface area contributed by atoms with E-state index in [9.17, 15) is 4.79 Å². The highest BCUT2D eigenvalue weighted by Gasteiger charge is 2.25. The second-order valence-corrected chi connectivity index (χ2v) is 8.79. The van der Waals surface area contributed by atoms with Crippen molar-refractivity contribution in [3.05, 3.63) is 112 Å². The maximum Gasteiger partial charge on any atom is 0.363 e. The van der Waals surface area contributed by atoms with Gasteiger partial charge in [-0.05, 0) is 75.1 Å². The molecule has 35 heavy (non-hydrogen) atoms. The molecule has 174 valence electrons. The monoisotopic (exact) mass is 527 g/mol. The molecular formula is C29H22BrNO4. The number of ether oxygens (including phenoxy) is 3. The third kappa shape index (κ3) is 5.12. The molecule has 0 amide bonds. The molecule has 0 aromatic heterocycles. The Bertz CT molecular complexity index is 1460. The Morgan fingerprint density at radius 2 is 1.69 bits per heavy atom. The molecule has 5 nitrogen and oxygen atoms in total. The van der Waals surface area contributed by atoms with Crippen molar-refractivity contribution in [2.75, 3.05) is 6.61 Å². The molecule has 0 spiro atoms. The van der Waals surface area contributed by atoms with Gasteiger partial charge < -0.3 is 14.2 Å². The van der Waals surface area contributed by atoms with Gasteiger partial charge in [0.1, 0.15) is 6.61 Å². The van der Waals surface area contributed by atoms with E-state index >= 15 is 0 Å². The second kappa shape index (κ2) is 10.2. The van der Waals surface area contributed by atoms with Gasteiger partial charge in [0, 0.05) is 5.56 Å². The van der Waals surface area contributed by atoms with E-state index in [2.05, 4.69) is 20.9 Å². The Kier molecular flexibility index (Phi) is 6.64. The van der Waals surface area contributed by atoms with E-state index in [1.165, 1.54) is 0 Å². The number of hydrogen-bond acceptors (Lipinski definition) is 5. The summed E-state index contributed by atoms with van der Waals surface area (Å²) in [5.74, 6) is 0.979. The lowest BCUT2D eigenvalue weighted by Gasteiger charge is -2.15. The zero-order chi connectivity index (χ0) is 24.2. The number of rotatable bonds is 7. The van der Waals surface area contributed by atoms with Gasteiger partial charge in [-0.15, -0.1) is 0 Å².